The smallest absolute Gasteiger partial charge is 0.329 e. The first-order valence-corrected chi connectivity index (χ1v) is 20.8. The van der Waals surface area contributed by atoms with Crippen LogP contribution in [0.1, 0.15) is 117 Å². The minimum Gasteiger partial charge on any atom is -1.00 e. The molecule has 0 fully saturated rings. The molecule has 1 atom stereocenters. The van der Waals surface area contributed by atoms with Gasteiger partial charge in [0.1, 0.15) is 12.6 Å². The van der Waals surface area contributed by atoms with Crippen LogP contribution >= 0.6 is 0 Å². The van der Waals surface area contributed by atoms with Crippen LogP contribution in [0, 0.1) is 0 Å². The first-order valence-electron chi connectivity index (χ1n) is 20.8. The number of fused-ring (bicyclic) bond motifs is 6. The molecule has 6 rings (SSSR count). The van der Waals surface area contributed by atoms with Gasteiger partial charge in [-0.05, 0) is 92.3 Å². The summed E-state index contributed by atoms with van der Waals surface area (Å²) in [7, 11) is 0. The van der Waals surface area contributed by atoms with Crippen LogP contribution in [0.2, 0.25) is 0 Å². The van der Waals surface area contributed by atoms with Gasteiger partial charge in [-0.1, -0.05) is 107 Å². The van der Waals surface area contributed by atoms with Crippen LogP contribution in [0.5, 0.6) is 0 Å². The zero-order chi connectivity index (χ0) is 39.2. The molecule has 4 aromatic carbocycles. The molecule has 6 nitrogen and oxygen atoms in total. The third-order valence-corrected chi connectivity index (χ3v) is 11.7. The number of anilines is 1. The van der Waals surface area contributed by atoms with Gasteiger partial charge in [-0.25, -0.2) is 4.79 Å². The average molecular weight is 822 g/mol. The maximum atomic E-state index is 13.9. The van der Waals surface area contributed by atoms with Gasteiger partial charge >= 0.3 is 11.9 Å². The molecule has 0 aliphatic carbocycles. The molecule has 56 heavy (non-hydrogen) atoms. The summed E-state index contributed by atoms with van der Waals surface area (Å²) in [6, 6.07) is 25.9. The number of ether oxygens (including phenoxy) is 2. The Morgan fingerprint density at radius 3 is 2.05 bits per heavy atom. The predicted octanol–water partition coefficient (Wildman–Crippen LogP) is 8.64. The summed E-state index contributed by atoms with van der Waals surface area (Å²) in [4.78, 5) is 28.1. The lowest BCUT2D eigenvalue weighted by molar-refractivity contribution is -0.438. The number of nitrogens with zero attached hydrogens (tertiary/aromatic N) is 2. The van der Waals surface area contributed by atoms with Crippen LogP contribution in [0.3, 0.4) is 0 Å². The summed E-state index contributed by atoms with van der Waals surface area (Å²) in [5.41, 5.74) is 6.74. The largest absolute Gasteiger partial charge is 1.00 e. The topological polar surface area (TPSA) is 58.8 Å². The highest BCUT2D eigenvalue weighted by Gasteiger charge is 2.47. The van der Waals surface area contributed by atoms with E-state index in [0.29, 0.717) is 19.6 Å². The van der Waals surface area contributed by atoms with Gasteiger partial charge in [0.2, 0.25) is 5.69 Å². The maximum absolute atomic E-state index is 13.9. The van der Waals surface area contributed by atoms with Crippen LogP contribution in [0.15, 0.2) is 96.7 Å². The van der Waals surface area contributed by atoms with Crippen LogP contribution in [0.25, 0.3) is 21.5 Å². The molecule has 0 radical (unpaired) electrons. The summed E-state index contributed by atoms with van der Waals surface area (Å²) in [6.45, 7) is 16.9. The molecule has 0 saturated carbocycles. The van der Waals surface area contributed by atoms with E-state index in [1.807, 2.05) is 13.8 Å². The number of esters is 2. The van der Waals surface area contributed by atoms with E-state index >= 15 is 0 Å². The van der Waals surface area contributed by atoms with E-state index in [-0.39, 0.29) is 39.8 Å². The maximum Gasteiger partial charge on any atom is 0.329 e. The number of carbonyl (C=O) groups excluding carboxylic acids is 2. The highest BCUT2D eigenvalue weighted by molar-refractivity contribution is 6.08. The molecule has 7 heteroatoms. The van der Waals surface area contributed by atoms with Gasteiger partial charge in [0.05, 0.1) is 18.6 Å². The fourth-order valence-corrected chi connectivity index (χ4v) is 9.11. The molecule has 2 aliphatic rings. The minimum absolute atomic E-state index is 0. The number of rotatable bonds is 17. The van der Waals surface area contributed by atoms with Crippen molar-refractivity contribution in [2.75, 3.05) is 24.7 Å². The molecule has 2 aliphatic heterocycles. The first kappa shape index (κ1) is 42.9. The Bertz CT molecular complexity index is 2130. The molecule has 0 N–H and O–H groups in total. The van der Waals surface area contributed by atoms with Crippen molar-refractivity contribution in [1.82, 2.24) is 0 Å². The van der Waals surface area contributed by atoms with Gasteiger partial charge in [-0.2, -0.15) is 4.58 Å². The molecule has 1 unspecified atom stereocenters. The van der Waals surface area contributed by atoms with Crippen molar-refractivity contribution in [3.8, 4) is 0 Å². The lowest BCUT2D eigenvalue weighted by Gasteiger charge is -2.33. The van der Waals surface area contributed by atoms with Gasteiger partial charge in [-0.15, -0.1) is 0 Å². The second-order valence-electron chi connectivity index (χ2n) is 16.2. The average Bonchev–Trinajstić information content (AvgIpc) is 3.53. The number of hydrogen-bond donors (Lipinski definition) is 0. The molecule has 2 heterocycles. The highest BCUT2D eigenvalue weighted by Crippen LogP contribution is 2.52. The van der Waals surface area contributed by atoms with Crippen LogP contribution in [-0.4, -0.2) is 48.0 Å². The Morgan fingerprint density at radius 1 is 0.732 bits per heavy atom. The van der Waals surface area contributed by atoms with Crippen molar-refractivity contribution in [3.63, 3.8) is 0 Å². The Hall–Kier alpha value is -4.23. The normalized spacial score (nSPS) is 16.7. The number of carbonyl (C=O) groups is 2. The lowest BCUT2D eigenvalue weighted by atomic mass is 9.79. The Kier molecular flexibility index (Phi) is 14.4. The Labute approximate surface area is 345 Å². The summed E-state index contributed by atoms with van der Waals surface area (Å²) in [5, 5.41) is 4.97. The molecule has 298 valence electrons. The van der Waals surface area contributed by atoms with E-state index in [2.05, 4.69) is 135 Å². The van der Waals surface area contributed by atoms with E-state index in [1.54, 1.807) is 0 Å². The van der Waals surface area contributed by atoms with E-state index in [4.69, 9.17) is 9.47 Å². The Balaban J connectivity index is 0.00000600. The van der Waals surface area contributed by atoms with Crippen molar-refractivity contribution in [3.05, 3.63) is 108 Å². The number of hydrogen-bond acceptors (Lipinski definition) is 5. The molecule has 0 bridgehead atoms. The van der Waals surface area contributed by atoms with Crippen molar-refractivity contribution in [2.24, 2.45) is 0 Å². The monoisotopic (exact) mass is 820 g/mol. The van der Waals surface area contributed by atoms with Crippen molar-refractivity contribution in [1.29, 1.82) is 0 Å². The summed E-state index contributed by atoms with van der Waals surface area (Å²) in [5.74, 6) is -0.262. The third-order valence-electron chi connectivity index (χ3n) is 11.7. The molecule has 0 saturated heterocycles. The standard InChI is InChI=1S/C49H61N2O4.BrH/c1-8-11-14-26-41(47(53)55-10-3)51-40-33-31-36-23-17-19-25-38(36)46(40)49(6,7)43(51)28-21-27-42-48(4,5)45-37-24-18-16-22-35(37)30-32-39(45)50(42)34-20-13-12-15-29-44(52)54-9-2;/h16-19,21-25,27-28,30-33,41H,8-15,20,26,29,34H2,1-7H3;1H/q+1;/p-1. The van der Waals surface area contributed by atoms with E-state index in [0.717, 1.165) is 69.3 Å². The summed E-state index contributed by atoms with van der Waals surface area (Å²) in [6.07, 6.45) is 15.0. The third kappa shape index (κ3) is 8.54. The molecular weight excluding hydrogens is 760 g/mol. The Morgan fingerprint density at radius 2 is 1.38 bits per heavy atom. The number of allylic oxidation sites excluding steroid dienone is 4. The highest BCUT2D eigenvalue weighted by atomic mass is 79.9. The molecule has 0 spiro atoms. The minimum atomic E-state index is -0.417. The number of halogens is 1. The first-order chi connectivity index (χ1) is 26.6. The molecule has 4 aromatic rings. The zero-order valence-electron chi connectivity index (χ0n) is 34.6. The zero-order valence-corrected chi connectivity index (χ0v) is 36.2. The van der Waals surface area contributed by atoms with Crippen LogP contribution in [0.4, 0.5) is 11.4 Å². The van der Waals surface area contributed by atoms with Gasteiger partial charge in [-0.3, -0.25) is 4.79 Å². The second kappa shape index (κ2) is 18.8. The fraction of sp³-hybridized carbons (Fsp3) is 0.449. The molecule has 0 amide bonds. The fourth-order valence-electron chi connectivity index (χ4n) is 9.11. The predicted molar refractivity (Wildman–Crippen MR) is 228 cm³/mol. The van der Waals surface area contributed by atoms with Crippen molar-refractivity contribution in [2.45, 2.75) is 123 Å². The molecule has 0 aromatic heterocycles. The van der Waals surface area contributed by atoms with Gasteiger partial charge in [0.25, 0.3) is 0 Å². The van der Waals surface area contributed by atoms with E-state index in [9.17, 15) is 9.59 Å². The SMILES string of the molecule is CCCCCC(C(=O)OCC)N1C(=CC=CC2=[N+](CCCCCCC(=O)OCC)c3ccc4ccccc4c3C2(C)C)C(C)(C)c2c1ccc1ccccc21.[Br-]. The van der Waals surface area contributed by atoms with Crippen molar-refractivity contribution < 1.29 is 40.6 Å². The summed E-state index contributed by atoms with van der Waals surface area (Å²) < 4.78 is 13.5. The number of benzene rings is 4. The van der Waals surface area contributed by atoms with Gasteiger partial charge < -0.3 is 31.4 Å². The van der Waals surface area contributed by atoms with Crippen LogP contribution < -0.4 is 21.9 Å². The van der Waals surface area contributed by atoms with E-state index in [1.165, 1.54) is 44.1 Å². The quantitative estimate of drug-likeness (QED) is 0.0607. The van der Waals surface area contributed by atoms with Gasteiger partial charge in [0, 0.05) is 47.3 Å². The van der Waals surface area contributed by atoms with Crippen LogP contribution in [-0.2, 0) is 29.9 Å². The lowest BCUT2D eigenvalue weighted by Crippen LogP contribution is -3.00. The van der Waals surface area contributed by atoms with E-state index < -0.39 is 6.04 Å². The van der Waals surface area contributed by atoms with Gasteiger partial charge in [0.15, 0.2) is 5.71 Å². The molecular formula is C49H61BrN2O4. The summed E-state index contributed by atoms with van der Waals surface area (Å²) >= 11 is 0. The second-order valence-corrected chi connectivity index (χ2v) is 16.2. The van der Waals surface area contributed by atoms with Crippen molar-refractivity contribution >= 4 is 50.6 Å². The number of unbranched alkanes of at least 4 members (excludes halogenated alkanes) is 5.